The molecule has 1 aliphatic rings. The molecular formula is C23H26FN3O4. The molecule has 1 N–H and O–H groups in total. The van der Waals surface area contributed by atoms with E-state index in [0.29, 0.717) is 43.4 Å². The van der Waals surface area contributed by atoms with Gasteiger partial charge >= 0.3 is 0 Å². The van der Waals surface area contributed by atoms with Gasteiger partial charge in [-0.15, -0.1) is 0 Å². The Balaban J connectivity index is 1.48. The standard InChI is InChI=1S/C23H26FN3O4/c1-30-20-8-6-17(21(15-20)31-2)7-9-23(29)27-12-10-26(11-13-27)16-22(28)25-19-5-3-4-18(24)14-19/h3-9,14-15H,10-13,16H2,1-2H3,(H,25,28)/b9-7+. The smallest absolute Gasteiger partial charge is 0.246 e. The van der Waals surface area contributed by atoms with Crippen LogP contribution in [0.5, 0.6) is 11.5 Å². The van der Waals surface area contributed by atoms with Crippen molar-refractivity contribution in [3.63, 3.8) is 0 Å². The Labute approximate surface area is 181 Å². The Bertz CT molecular complexity index is 956. The number of hydrogen-bond acceptors (Lipinski definition) is 5. The molecule has 0 atom stereocenters. The van der Waals surface area contributed by atoms with Crippen molar-refractivity contribution in [1.82, 2.24) is 9.80 Å². The number of hydrogen-bond donors (Lipinski definition) is 1. The lowest BCUT2D eigenvalue weighted by Gasteiger charge is -2.33. The number of carbonyl (C=O) groups excluding carboxylic acids is 2. The van der Waals surface area contributed by atoms with Crippen LogP contribution in [0.4, 0.5) is 10.1 Å². The van der Waals surface area contributed by atoms with Gasteiger partial charge in [0, 0.05) is 49.6 Å². The molecule has 2 amide bonds. The van der Waals surface area contributed by atoms with Gasteiger partial charge in [-0.05, 0) is 36.4 Å². The van der Waals surface area contributed by atoms with E-state index >= 15 is 0 Å². The van der Waals surface area contributed by atoms with Crippen LogP contribution in [-0.2, 0) is 9.59 Å². The second kappa shape index (κ2) is 10.6. The van der Waals surface area contributed by atoms with Gasteiger partial charge in [-0.2, -0.15) is 0 Å². The van der Waals surface area contributed by atoms with Crippen LogP contribution in [0.2, 0.25) is 0 Å². The zero-order valence-electron chi connectivity index (χ0n) is 17.6. The van der Waals surface area contributed by atoms with Crippen molar-refractivity contribution in [3.05, 3.63) is 59.9 Å². The van der Waals surface area contributed by atoms with Gasteiger partial charge in [0.15, 0.2) is 0 Å². The number of halogens is 1. The summed E-state index contributed by atoms with van der Waals surface area (Å²) in [5.41, 5.74) is 1.21. The fraction of sp³-hybridized carbons (Fsp3) is 0.304. The first-order valence-electron chi connectivity index (χ1n) is 9.95. The van der Waals surface area contributed by atoms with E-state index in [1.807, 2.05) is 11.0 Å². The molecule has 0 aromatic heterocycles. The molecule has 0 saturated carbocycles. The Kier molecular flexibility index (Phi) is 7.61. The first-order valence-corrected chi connectivity index (χ1v) is 9.95. The first-order chi connectivity index (χ1) is 15.0. The van der Waals surface area contributed by atoms with Crippen molar-refractivity contribution >= 4 is 23.6 Å². The second-order valence-electron chi connectivity index (χ2n) is 7.10. The molecule has 1 saturated heterocycles. The third-order valence-electron chi connectivity index (χ3n) is 5.01. The van der Waals surface area contributed by atoms with Crippen molar-refractivity contribution in [2.75, 3.05) is 52.3 Å². The Morgan fingerprint density at radius 3 is 2.52 bits per heavy atom. The lowest BCUT2D eigenvalue weighted by Crippen LogP contribution is -2.50. The normalized spacial score (nSPS) is 14.5. The number of rotatable bonds is 7. The number of carbonyl (C=O) groups is 2. The van der Waals surface area contributed by atoms with Gasteiger partial charge in [0.05, 0.1) is 20.8 Å². The molecule has 2 aromatic carbocycles. The second-order valence-corrected chi connectivity index (χ2v) is 7.10. The summed E-state index contributed by atoms with van der Waals surface area (Å²) < 4.78 is 23.7. The molecule has 0 unspecified atom stereocenters. The summed E-state index contributed by atoms with van der Waals surface area (Å²) >= 11 is 0. The summed E-state index contributed by atoms with van der Waals surface area (Å²) in [6, 6.07) is 11.2. The maximum absolute atomic E-state index is 13.2. The summed E-state index contributed by atoms with van der Waals surface area (Å²) in [5.74, 6) is 0.597. The van der Waals surface area contributed by atoms with Gasteiger partial charge in [-0.1, -0.05) is 6.07 Å². The summed E-state index contributed by atoms with van der Waals surface area (Å²) in [6.45, 7) is 2.41. The van der Waals surface area contributed by atoms with E-state index in [2.05, 4.69) is 5.32 Å². The van der Waals surface area contributed by atoms with Gasteiger partial charge < -0.3 is 19.7 Å². The number of amides is 2. The Morgan fingerprint density at radius 2 is 1.84 bits per heavy atom. The topological polar surface area (TPSA) is 71.1 Å². The summed E-state index contributed by atoms with van der Waals surface area (Å²) in [4.78, 5) is 28.4. The average Bonchev–Trinajstić information content (AvgIpc) is 2.77. The van der Waals surface area contributed by atoms with Crippen LogP contribution in [0, 0.1) is 5.82 Å². The molecule has 164 valence electrons. The third-order valence-corrected chi connectivity index (χ3v) is 5.01. The predicted octanol–water partition coefficient (Wildman–Crippen LogP) is 2.64. The van der Waals surface area contributed by atoms with E-state index in [4.69, 9.17) is 9.47 Å². The van der Waals surface area contributed by atoms with Crippen molar-refractivity contribution in [2.24, 2.45) is 0 Å². The first kappa shape index (κ1) is 22.3. The SMILES string of the molecule is COc1ccc(/C=C/C(=O)N2CCN(CC(=O)Nc3cccc(F)c3)CC2)c(OC)c1. The Morgan fingerprint density at radius 1 is 1.06 bits per heavy atom. The number of anilines is 1. The van der Waals surface area contributed by atoms with E-state index in [9.17, 15) is 14.0 Å². The van der Waals surface area contributed by atoms with Crippen LogP contribution in [0.25, 0.3) is 6.08 Å². The van der Waals surface area contributed by atoms with E-state index in [-0.39, 0.29) is 18.4 Å². The maximum atomic E-state index is 13.2. The predicted molar refractivity (Wildman–Crippen MR) is 117 cm³/mol. The summed E-state index contributed by atoms with van der Waals surface area (Å²) in [5, 5.41) is 2.69. The van der Waals surface area contributed by atoms with E-state index in [0.717, 1.165) is 5.56 Å². The molecule has 8 heteroatoms. The molecule has 1 fully saturated rings. The minimum absolute atomic E-state index is 0.0956. The number of nitrogens with zero attached hydrogens (tertiary/aromatic N) is 2. The third kappa shape index (κ3) is 6.29. The lowest BCUT2D eigenvalue weighted by atomic mass is 10.1. The number of nitrogens with one attached hydrogen (secondary N) is 1. The zero-order valence-corrected chi connectivity index (χ0v) is 17.6. The lowest BCUT2D eigenvalue weighted by molar-refractivity contribution is -0.127. The largest absolute Gasteiger partial charge is 0.497 e. The quantitative estimate of drug-likeness (QED) is 0.688. The highest BCUT2D eigenvalue weighted by Crippen LogP contribution is 2.25. The summed E-state index contributed by atoms with van der Waals surface area (Å²) in [7, 11) is 3.15. The number of ether oxygens (including phenoxy) is 2. The van der Waals surface area contributed by atoms with E-state index in [1.165, 1.54) is 18.2 Å². The van der Waals surface area contributed by atoms with Crippen molar-refractivity contribution in [2.45, 2.75) is 0 Å². The highest BCUT2D eigenvalue weighted by molar-refractivity contribution is 5.93. The van der Waals surface area contributed by atoms with Crippen LogP contribution >= 0.6 is 0 Å². The van der Waals surface area contributed by atoms with Crippen LogP contribution in [0.15, 0.2) is 48.5 Å². The van der Waals surface area contributed by atoms with Crippen LogP contribution in [0.1, 0.15) is 5.56 Å². The van der Waals surface area contributed by atoms with Crippen molar-refractivity contribution in [1.29, 1.82) is 0 Å². The molecule has 0 aliphatic carbocycles. The molecule has 2 aromatic rings. The average molecular weight is 427 g/mol. The highest BCUT2D eigenvalue weighted by Gasteiger charge is 2.21. The minimum Gasteiger partial charge on any atom is -0.497 e. The molecule has 1 aliphatic heterocycles. The molecule has 3 rings (SSSR count). The van der Waals surface area contributed by atoms with Gasteiger partial charge in [0.2, 0.25) is 11.8 Å². The van der Waals surface area contributed by atoms with E-state index < -0.39 is 5.82 Å². The maximum Gasteiger partial charge on any atom is 0.246 e. The van der Waals surface area contributed by atoms with Gasteiger partial charge in [0.1, 0.15) is 17.3 Å². The van der Waals surface area contributed by atoms with Crippen molar-refractivity contribution < 1.29 is 23.5 Å². The van der Waals surface area contributed by atoms with Crippen molar-refractivity contribution in [3.8, 4) is 11.5 Å². The van der Waals surface area contributed by atoms with Gasteiger partial charge in [0.25, 0.3) is 0 Å². The Hall–Kier alpha value is -3.39. The monoisotopic (exact) mass is 427 g/mol. The van der Waals surface area contributed by atoms with Gasteiger partial charge in [-0.3, -0.25) is 14.5 Å². The molecule has 7 nitrogen and oxygen atoms in total. The van der Waals surface area contributed by atoms with Gasteiger partial charge in [-0.25, -0.2) is 4.39 Å². The molecule has 31 heavy (non-hydrogen) atoms. The van der Waals surface area contributed by atoms with Crippen LogP contribution < -0.4 is 14.8 Å². The van der Waals surface area contributed by atoms with Crippen LogP contribution in [0.3, 0.4) is 0 Å². The fourth-order valence-corrected chi connectivity index (χ4v) is 3.32. The molecule has 0 radical (unpaired) electrons. The molecule has 1 heterocycles. The number of benzene rings is 2. The number of piperazine rings is 1. The summed E-state index contributed by atoms with van der Waals surface area (Å²) in [6.07, 6.45) is 3.25. The molecule has 0 bridgehead atoms. The fourth-order valence-electron chi connectivity index (χ4n) is 3.32. The van der Waals surface area contributed by atoms with E-state index in [1.54, 1.807) is 49.5 Å². The van der Waals surface area contributed by atoms with Crippen LogP contribution in [-0.4, -0.2) is 68.6 Å². The molecular weight excluding hydrogens is 401 g/mol. The highest BCUT2D eigenvalue weighted by atomic mass is 19.1. The zero-order chi connectivity index (χ0) is 22.2. The molecule has 0 spiro atoms. The number of methoxy groups -OCH3 is 2. The minimum atomic E-state index is -0.398.